The summed E-state index contributed by atoms with van der Waals surface area (Å²) in [5.41, 5.74) is 0.945. The number of amides is 1. The standard InChI is InChI=1S/C19H22N2O6S/c1-25-16-9-7-14(12-18(16)27-3)28(23,24)20-13-6-8-15(17(11-13)26-2)21-10-4-5-19(21)22/h6-9,11-12,20H,4-5,10H2,1-3H3. The van der Waals surface area contributed by atoms with Gasteiger partial charge >= 0.3 is 0 Å². The molecular weight excluding hydrogens is 384 g/mol. The Labute approximate surface area is 164 Å². The van der Waals surface area contributed by atoms with Crippen LogP contribution in [-0.4, -0.2) is 42.2 Å². The van der Waals surface area contributed by atoms with Gasteiger partial charge in [0.25, 0.3) is 10.0 Å². The molecule has 28 heavy (non-hydrogen) atoms. The molecule has 0 saturated carbocycles. The number of nitrogens with one attached hydrogen (secondary N) is 1. The number of nitrogens with zero attached hydrogens (tertiary/aromatic N) is 1. The van der Waals surface area contributed by atoms with Crippen LogP contribution in [0.1, 0.15) is 12.8 Å². The summed E-state index contributed by atoms with van der Waals surface area (Å²) in [5.74, 6) is 1.19. The van der Waals surface area contributed by atoms with Crippen LogP contribution in [0.4, 0.5) is 11.4 Å². The minimum atomic E-state index is -3.86. The van der Waals surface area contributed by atoms with Crippen molar-refractivity contribution in [2.45, 2.75) is 17.7 Å². The van der Waals surface area contributed by atoms with E-state index in [9.17, 15) is 13.2 Å². The van der Waals surface area contributed by atoms with Crippen molar-refractivity contribution in [2.75, 3.05) is 37.5 Å². The summed E-state index contributed by atoms with van der Waals surface area (Å²) in [6, 6.07) is 9.17. The summed E-state index contributed by atoms with van der Waals surface area (Å²) in [6.07, 6.45) is 1.28. The highest BCUT2D eigenvalue weighted by atomic mass is 32.2. The van der Waals surface area contributed by atoms with E-state index < -0.39 is 10.0 Å². The van der Waals surface area contributed by atoms with E-state index in [0.29, 0.717) is 41.6 Å². The molecule has 1 aliphatic heterocycles. The lowest BCUT2D eigenvalue weighted by Gasteiger charge is -2.20. The number of carbonyl (C=O) groups excluding carboxylic acids is 1. The molecular formula is C19H22N2O6S. The first-order valence-corrected chi connectivity index (χ1v) is 10.1. The van der Waals surface area contributed by atoms with E-state index in [1.165, 1.54) is 39.5 Å². The molecule has 8 nitrogen and oxygen atoms in total. The molecule has 1 aliphatic rings. The maximum absolute atomic E-state index is 12.7. The Bertz CT molecular complexity index is 990. The second-order valence-electron chi connectivity index (χ2n) is 6.16. The smallest absolute Gasteiger partial charge is 0.262 e. The lowest BCUT2D eigenvalue weighted by atomic mass is 10.2. The van der Waals surface area contributed by atoms with E-state index in [4.69, 9.17) is 14.2 Å². The largest absolute Gasteiger partial charge is 0.494 e. The average molecular weight is 406 g/mol. The third-order valence-electron chi connectivity index (χ3n) is 4.46. The minimum Gasteiger partial charge on any atom is -0.494 e. The van der Waals surface area contributed by atoms with Crippen molar-refractivity contribution in [3.8, 4) is 17.2 Å². The van der Waals surface area contributed by atoms with Crippen molar-refractivity contribution in [1.82, 2.24) is 0 Å². The Morgan fingerprint density at radius 2 is 1.64 bits per heavy atom. The van der Waals surface area contributed by atoms with Gasteiger partial charge in [-0.2, -0.15) is 0 Å². The maximum atomic E-state index is 12.7. The van der Waals surface area contributed by atoms with Crippen LogP contribution in [0.5, 0.6) is 17.2 Å². The van der Waals surface area contributed by atoms with Gasteiger partial charge in [-0.1, -0.05) is 0 Å². The Balaban J connectivity index is 1.89. The zero-order valence-corrected chi connectivity index (χ0v) is 16.7. The highest BCUT2D eigenvalue weighted by Crippen LogP contribution is 2.35. The molecule has 0 spiro atoms. The van der Waals surface area contributed by atoms with Crippen LogP contribution in [0, 0.1) is 0 Å². The minimum absolute atomic E-state index is 0.0250. The van der Waals surface area contributed by atoms with E-state index in [1.54, 1.807) is 23.1 Å². The third kappa shape index (κ3) is 3.84. The van der Waals surface area contributed by atoms with Crippen molar-refractivity contribution in [2.24, 2.45) is 0 Å². The normalized spacial score (nSPS) is 14.1. The first kappa shape index (κ1) is 19.8. The van der Waals surface area contributed by atoms with Crippen molar-refractivity contribution in [3.63, 3.8) is 0 Å². The molecule has 1 amide bonds. The Hall–Kier alpha value is -2.94. The van der Waals surface area contributed by atoms with Gasteiger partial charge in [-0.25, -0.2) is 8.42 Å². The lowest BCUT2D eigenvalue weighted by Crippen LogP contribution is -2.24. The zero-order valence-electron chi connectivity index (χ0n) is 15.9. The Morgan fingerprint density at radius 1 is 0.929 bits per heavy atom. The van der Waals surface area contributed by atoms with Gasteiger partial charge in [0.05, 0.1) is 37.6 Å². The number of sulfonamides is 1. The summed E-state index contributed by atoms with van der Waals surface area (Å²) in [6.45, 7) is 0.617. The van der Waals surface area contributed by atoms with Crippen LogP contribution in [0.15, 0.2) is 41.3 Å². The van der Waals surface area contributed by atoms with Crippen molar-refractivity contribution in [1.29, 1.82) is 0 Å². The second kappa shape index (κ2) is 7.97. The number of anilines is 2. The van der Waals surface area contributed by atoms with Crippen LogP contribution in [-0.2, 0) is 14.8 Å². The molecule has 0 bridgehead atoms. The van der Waals surface area contributed by atoms with Gasteiger partial charge in [0.15, 0.2) is 11.5 Å². The summed E-state index contributed by atoms with van der Waals surface area (Å²) < 4.78 is 43.7. The first-order valence-electron chi connectivity index (χ1n) is 8.63. The molecule has 0 aromatic heterocycles. The van der Waals surface area contributed by atoms with Crippen molar-refractivity contribution >= 4 is 27.3 Å². The summed E-state index contributed by atoms with van der Waals surface area (Å²) in [7, 11) is 0.529. The summed E-state index contributed by atoms with van der Waals surface area (Å²) in [5, 5.41) is 0. The molecule has 0 atom stereocenters. The van der Waals surface area contributed by atoms with Gasteiger partial charge in [0.1, 0.15) is 5.75 Å². The molecule has 1 fully saturated rings. The fourth-order valence-electron chi connectivity index (χ4n) is 3.06. The molecule has 150 valence electrons. The number of hydrogen-bond donors (Lipinski definition) is 1. The number of methoxy groups -OCH3 is 3. The van der Waals surface area contributed by atoms with Crippen LogP contribution in [0.3, 0.4) is 0 Å². The quantitative estimate of drug-likeness (QED) is 0.760. The molecule has 0 radical (unpaired) electrons. The highest BCUT2D eigenvalue weighted by Gasteiger charge is 2.25. The van der Waals surface area contributed by atoms with Gasteiger partial charge in [-0.15, -0.1) is 0 Å². The highest BCUT2D eigenvalue weighted by molar-refractivity contribution is 7.92. The average Bonchev–Trinajstić information content (AvgIpc) is 3.12. The number of benzene rings is 2. The predicted molar refractivity (Wildman–Crippen MR) is 105 cm³/mol. The van der Waals surface area contributed by atoms with Gasteiger partial charge in [0.2, 0.25) is 5.91 Å². The van der Waals surface area contributed by atoms with Crippen molar-refractivity contribution < 1.29 is 27.4 Å². The second-order valence-corrected chi connectivity index (χ2v) is 7.84. The lowest BCUT2D eigenvalue weighted by molar-refractivity contribution is -0.117. The van der Waals surface area contributed by atoms with Crippen LogP contribution >= 0.6 is 0 Å². The van der Waals surface area contributed by atoms with Gasteiger partial charge in [0, 0.05) is 25.1 Å². The molecule has 9 heteroatoms. The van der Waals surface area contributed by atoms with E-state index in [1.807, 2.05) is 0 Å². The third-order valence-corrected chi connectivity index (χ3v) is 5.84. The van der Waals surface area contributed by atoms with Gasteiger partial charge in [-0.05, 0) is 30.7 Å². The number of hydrogen-bond acceptors (Lipinski definition) is 6. The molecule has 3 rings (SSSR count). The fraction of sp³-hybridized carbons (Fsp3) is 0.316. The number of carbonyl (C=O) groups is 1. The molecule has 1 heterocycles. The molecule has 2 aromatic rings. The molecule has 1 saturated heterocycles. The summed E-state index contributed by atoms with van der Waals surface area (Å²) in [4.78, 5) is 13.7. The maximum Gasteiger partial charge on any atom is 0.262 e. The van der Waals surface area contributed by atoms with E-state index >= 15 is 0 Å². The molecule has 2 aromatic carbocycles. The fourth-order valence-corrected chi connectivity index (χ4v) is 4.13. The molecule has 1 N–H and O–H groups in total. The molecule has 0 aliphatic carbocycles. The predicted octanol–water partition coefficient (Wildman–Crippen LogP) is 2.64. The number of ether oxygens (including phenoxy) is 3. The first-order chi connectivity index (χ1) is 13.4. The van der Waals surface area contributed by atoms with E-state index in [0.717, 1.165) is 6.42 Å². The van der Waals surface area contributed by atoms with Crippen molar-refractivity contribution in [3.05, 3.63) is 36.4 Å². The van der Waals surface area contributed by atoms with Crippen LogP contribution in [0.25, 0.3) is 0 Å². The van der Waals surface area contributed by atoms with Crippen LogP contribution in [0.2, 0.25) is 0 Å². The summed E-state index contributed by atoms with van der Waals surface area (Å²) >= 11 is 0. The Kier molecular flexibility index (Phi) is 5.64. The van der Waals surface area contributed by atoms with Gasteiger partial charge < -0.3 is 19.1 Å². The Morgan fingerprint density at radius 3 is 2.25 bits per heavy atom. The monoisotopic (exact) mass is 406 g/mol. The van der Waals surface area contributed by atoms with Crippen LogP contribution < -0.4 is 23.8 Å². The SMILES string of the molecule is COc1ccc(S(=O)(=O)Nc2ccc(N3CCCC3=O)c(OC)c2)cc1OC. The van der Waals surface area contributed by atoms with Gasteiger partial charge in [-0.3, -0.25) is 9.52 Å². The zero-order chi connectivity index (χ0) is 20.3. The number of rotatable bonds is 7. The van der Waals surface area contributed by atoms with E-state index in [-0.39, 0.29) is 10.8 Å². The topological polar surface area (TPSA) is 94.2 Å². The van der Waals surface area contributed by atoms with E-state index in [2.05, 4.69) is 4.72 Å². The molecule has 0 unspecified atom stereocenters.